The quantitative estimate of drug-likeness (QED) is 0.541. The fourth-order valence-corrected chi connectivity index (χ4v) is 5.30. The zero-order chi connectivity index (χ0) is 23.9. The molecule has 3 aromatic rings. The molecule has 2 aromatic heterocycles. The van der Waals surface area contributed by atoms with Gasteiger partial charge in [-0.15, -0.1) is 0 Å². The molecule has 0 radical (unpaired) electrons. The maximum Gasteiger partial charge on any atom is 0.316 e. The van der Waals surface area contributed by atoms with E-state index in [2.05, 4.69) is 25.1 Å². The zero-order valence-electron chi connectivity index (χ0n) is 19.6. The molecule has 1 saturated heterocycles. The topological polar surface area (TPSA) is 136 Å². The van der Waals surface area contributed by atoms with Gasteiger partial charge in [0.25, 0.3) is 0 Å². The fourth-order valence-electron chi connectivity index (χ4n) is 5.30. The van der Waals surface area contributed by atoms with Gasteiger partial charge in [-0.2, -0.15) is 19.9 Å². The number of amides is 1. The Labute approximate surface area is 202 Å². The lowest BCUT2D eigenvalue weighted by molar-refractivity contribution is 0.0407. The number of benzene rings is 1. The number of nitrogens with zero attached hydrogens (tertiary/aromatic N) is 7. The highest BCUT2D eigenvalue weighted by Crippen LogP contribution is 2.52. The lowest BCUT2D eigenvalue weighted by atomic mass is 10.2. The van der Waals surface area contributed by atoms with Crippen molar-refractivity contribution in [1.82, 2.24) is 30.0 Å². The first kappa shape index (κ1) is 21.9. The first-order valence-electron chi connectivity index (χ1n) is 12.1. The maximum absolute atomic E-state index is 13.0. The second kappa shape index (κ2) is 8.88. The first-order valence-corrected chi connectivity index (χ1v) is 12.1. The molecule has 35 heavy (non-hydrogen) atoms. The van der Waals surface area contributed by atoms with Gasteiger partial charge in [-0.1, -0.05) is 36.2 Å². The van der Waals surface area contributed by atoms with E-state index in [1.165, 1.54) is 25.7 Å². The number of carbonyl (C=O) groups is 1. The van der Waals surface area contributed by atoms with Crippen molar-refractivity contribution in [3.8, 4) is 11.6 Å². The van der Waals surface area contributed by atoms with Gasteiger partial charge in [-0.3, -0.25) is 4.79 Å². The van der Waals surface area contributed by atoms with Crippen LogP contribution >= 0.6 is 0 Å². The van der Waals surface area contributed by atoms with Gasteiger partial charge in [0.2, 0.25) is 23.5 Å². The van der Waals surface area contributed by atoms with Crippen molar-refractivity contribution in [3.05, 3.63) is 36.2 Å². The molecule has 11 heteroatoms. The Morgan fingerprint density at radius 1 is 1.09 bits per heavy atom. The van der Waals surface area contributed by atoms with Gasteiger partial charge < -0.3 is 24.8 Å². The van der Waals surface area contributed by atoms with E-state index in [-0.39, 0.29) is 29.4 Å². The number of nitrogen functional groups attached to an aromatic ring is 1. The van der Waals surface area contributed by atoms with Crippen LogP contribution in [0.25, 0.3) is 11.6 Å². The van der Waals surface area contributed by atoms with Crippen LogP contribution in [0.2, 0.25) is 0 Å². The number of rotatable bonds is 7. The van der Waals surface area contributed by atoms with Crippen molar-refractivity contribution in [2.45, 2.75) is 31.8 Å². The van der Waals surface area contributed by atoms with Crippen molar-refractivity contribution in [1.29, 1.82) is 0 Å². The van der Waals surface area contributed by atoms with E-state index in [4.69, 9.17) is 15.0 Å². The van der Waals surface area contributed by atoms with Gasteiger partial charge in [-0.05, 0) is 42.7 Å². The number of aromatic nitrogens is 5. The first-order chi connectivity index (χ1) is 17.1. The van der Waals surface area contributed by atoms with Crippen molar-refractivity contribution in [2.24, 2.45) is 17.8 Å². The second-order valence-corrected chi connectivity index (χ2v) is 9.58. The summed E-state index contributed by atoms with van der Waals surface area (Å²) in [6.45, 7) is 2.21. The third kappa shape index (κ3) is 4.31. The Hall–Kier alpha value is -3.60. The van der Waals surface area contributed by atoms with E-state index < -0.39 is 0 Å². The maximum atomic E-state index is 13.0. The molecule has 0 unspecified atom stereocenters. The van der Waals surface area contributed by atoms with Crippen LogP contribution in [0.4, 0.5) is 17.6 Å². The third-order valence-electron chi connectivity index (χ3n) is 7.38. The molecule has 0 spiro atoms. The Morgan fingerprint density at radius 2 is 1.83 bits per heavy atom. The van der Waals surface area contributed by atoms with Crippen LogP contribution < -0.4 is 10.6 Å². The third-order valence-corrected chi connectivity index (χ3v) is 7.38. The molecule has 2 N–H and O–H groups in total. The summed E-state index contributed by atoms with van der Waals surface area (Å²) in [6.07, 6.45) is 5.35. The number of hydrogen-bond donors (Lipinski definition) is 1. The van der Waals surface area contributed by atoms with E-state index in [1.54, 1.807) is 9.80 Å². The average Bonchev–Trinajstić information content (AvgIpc) is 3.43. The summed E-state index contributed by atoms with van der Waals surface area (Å²) >= 11 is 0. The number of hydrogen-bond acceptors (Lipinski definition) is 10. The smallest absolute Gasteiger partial charge is 0.316 e. The van der Waals surface area contributed by atoms with Gasteiger partial charge >= 0.3 is 11.8 Å². The standard InChI is InChI=1S/C24H28N8O3/c1-31(14-7-3-2-4-8-14)24-28-19(27-23(25)29-24)20-26-21(35-30-20)22(33)32-11-16-17(12-32)18(16)13-34-15-9-5-6-10-15/h2-4,7-8,15-18H,5-6,9-13H2,1H3,(H2,25,27,28,29)/t16-,17+,18+. The molecule has 2 saturated carbocycles. The van der Waals surface area contributed by atoms with Gasteiger partial charge in [0.05, 0.1) is 12.7 Å². The molecule has 3 heterocycles. The molecule has 3 atom stereocenters. The predicted molar refractivity (Wildman–Crippen MR) is 127 cm³/mol. The largest absolute Gasteiger partial charge is 0.378 e. The molecule has 2 aliphatic carbocycles. The van der Waals surface area contributed by atoms with E-state index >= 15 is 0 Å². The van der Waals surface area contributed by atoms with Crippen molar-refractivity contribution in [2.75, 3.05) is 37.4 Å². The number of anilines is 3. The monoisotopic (exact) mass is 476 g/mol. The lowest BCUT2D eigenvalue weighted by Gasteiger charge is -2.18. The van der Waals surface area contributed by atoms with Gasteiger partial charge in [-0.25, -0.2) is 0 Å². The highest BCUT2D eigenvalue weighted by Gasteiger charge is 2.57. The van der Waals surface area contributed by atoms with Crippen LogP contribution in [-0.2, 0) is 4.74 Å². The summed E-state index contributed by atoms with van der Waals surface area (Å²) in [5, 5.41) is 3.93. The SMILES string of the molecule is CN(c1ccccc1)c1nc(N)nc(-c2noc(C(=O)N3C[C@@H]4[C@@H](COC5CCCC5)[C@@H]4C3)n2)n1. The van der Waals surface area contributed by atoms with Gasteiger partial charge in [0, 0.05) is 25.8 Å². The summed E-state index contributed by atoms with van der Waals surface area (Å²) in [4.78, 5) is 33.6. The summed E-state index contributed by atoms with van der Waals surface area (Å²) < 4.78 is 11.4. The second-order valence-electron chi connectivity index (χ2n) is 9.58. The molecule has 3 aliphatic rings. The molecule has 1 aromatic carbocycles. The van der Waals surface area contributed by atoms with E-state index in [1.807, 2.05) is 37.4 Å². The summed E-state index contributed by atoms with van der Waals surface area (Å²) in [7, 11) is 1.82. The minimum Gasteiger partial charge on any atom is -0.378 e. The van der Waals surface area contributed by atoms with E-state index in [0.717, 1.165) is 12.3 Å². The summed E-state index contributed by atoms with van der Waals surface area (Å²) in [5.41, 5.74) is 6.80. The number of fused-ring (bicyclic) bond motifs is 1. The Morgan fingerprint density at radius 3 is 2.57 bits per heavy atom. The highest BCUT2D eigenvalue weighted by atomic mass is 16.5. The number of piperidine rings is 1. The Kier molecular flexibility index (Phi) is 5.56. The van der Waals surface area contributed by atoms with Crippen LogP contribution in [0.5, 0.6) is 0 Å². The molecule has 11 nitrogen and oxygen atoms in total. The molecule has 3 fully saturated rings. The number of carbonyl (C=O) groups excluding carboxylic acids is 1. The molecule has 6 rings (SSSR count). The van der Waals surface area contributed by atoms with Crippen molar-refractivity contribution < 1.29 is 14.1 Å². The fraction of sp³-hybridized carbons (Fsp3) is 0.500. The van der Waals surface area contributed by atoms with Crippen LogP contribution in [0, 0.1) is 17.8 Å². The summed E-state index contributed by atoms with van der Waals surface area (Å²) in [6, 6.07) is 9.62. The van der Waals surface area contributed by atoms with Crippen LogP contribution in [0.15, 0.2) is 34.9 Å². The van der Waals surface area contributed by atoms with E-state index in [9.17, 15) is 4.79 Å². The van der Waals surface area contributed by atoms with Crippen LogP contribution in [0.3, 0.4) is 0 Å². The number of likely N-dealkylation sites (tertiary alicyclic amines) is 1. The number of para-hydroxylation sites is 1. The number of nitrogens with two attached hydrogens (primary N) is 1. The molecular weight excluding hydrogens is 448 g/mol. The number of ether oxygens (including phenoxy) is 1. The molecule has 0 bridgehead atoms. The van der Waals surface area contributed by atoms with Gasteiger partial charge in [0.15, 0.2) is 0 Å². The minimum atomic E-state index is -0.268. The minimum absolute atomic E-state index is 0.0240. The molecular formula is C24H28N8O3. The highest BCUT2D eigenvalue weighted by molar-refractivity contribution is 5.90. The van der Waals surface area contributed by atoms with Crippen molar-refractivity contribution in [3.63, 3.8) is 0 Å². The van der Waals surface area contributed by atoms with E-state index in [0.29, 0.717) is 42.9 Å². The molecule has 182 valence electrons. The Balaban J connectivity index is 1.10. The predicted octanol–water partition coefficient (Wildman–Crippen LogP) is 2.55. The van der Waals surface area contributed by atoms with Crippen LogP contribution in [-0.4, -0.2) is 68.7 Å². The van der Waals surface area contributed by atoms with Gasteiger partial charge in [0.1, 0.15) is 0 Å². The van der Waals surface area contributed by atoms with Crippen LogP contribution in [0.1, 0.15) is 36.4 Å². The summed E-state index contributed by atoms with van der Waals surface area (Å²) in [5.74, 6) is 1.82. The lowest BCUT2D eigenvalue weighted by Crippen LogP contribution is -2.32. The molecule has 1 amide bonds. The molecule has 1 aliphatic heterocycles. The Bertz CT molecular complexity index is 1200. The average molecular weight is 477 g/mol. The zero-order valence-corrected chi connectivity index (χ0v) is 19.6. The normalized spacial score (nSPS) is 23.5. The van der Waals surface area contributed by atoms with Crippen molar-refractivity contribution >= 4 is 23.5 Å².